The van der Waals surface area contributed by atoms with E-state index in [2.05, 4.69) is 25.7 Å². The number of carbonyl (C=O) groups excluding carboxylic acids is 1. The van der Waals surface area contributed by atoms with Crippen molar-refractivity contribution >= 4 is 17.7 Å². The minimum absolute atomic E-state index is 0.0330. The molecule has 0 saturated heterocycles. The number of fused-ring (bicyclic) bond motifs is 1. The molecular weight excluding hydrogens is 274 g/mol. The van der Waals surface area contributed by atoms with Gasteiger partial charge in [-0.1, -0.05) is 39.1 Å². The zero-order valence-electron chi connectivity index (χ0n) is 12.0. The molecule has 1 N–H and O–H groups in total. The molecule has 0 spiro atoms. The summed E-state index contributed by atoms with van der Waals surface area (Å²) in [7, 11) is 0. The average molecular weight is 293 g/mol. The van der Waals surface area contributed by atoms with E-state index in [9.17, 15) is 4.79 Å². The van der Waals surface area contributed by atoms with Gasteiger partial charge < -0.3 is 14.8 Å². The fourth-order valence-electron chi connectivity index (χ4n) is 1.88. The summed E-state index contributed by atoms with van der Waals surface area (Å²) in [6.45, 7) is 10.2. The molecule has 1 heterocycles. The number of hydrogen-bond donors (Lipinski definition) is 1. The third kappa shape index (κ3) is 3.28. The Morgan fingerprint density at radius 1 is 1.40 bits per heavy atom. The van der Waals surface area contributed by atoms with Crippen molar-refractivity contribution in [2.75, 3.05) is 6.79 Å². The first kappa shape index (κ1) is 14.8. The van der Waals surface area contributed by atoms with Crippen LogP contribution in [0.15, 0.2) is 28.6 Å². The third-order valence-electron chi connectivity index (χ3n) is 2.96. The van der Waals surface area contributed by atoms with Crippen molar-refractivity contribution in [3.63, 3.8) is 0 Å². The Kier molecular flexibility index (Phi) is 4.60. The van der Waals surface area contributed by atoms with Gasteiger partial charge in [-0.05, 0) is 23.6 Å². The molecular formula is C15H19NO3S. The van der Waals surface area contributed by atoms with Crippen LogP contribution in [-0.4, -0.2) is 12.7 Å². The summed E-state index contributed by atoms with van der Waals surface area (Å²) in [5.41, 5.74) is 1.16. The van der Waals surface area contributed by atoms with Crippen molar-refractivity contribution in [2.45, 2.75) is 38.0 Å². The second-order valence-corrected chi connectivity index (χ2v) is 5.96. The van der Waals surface area contributed by atoms with Crippen LogP contribution in [0, 0.1) is 0 Å². The minimum atomic E-state index is -0.0330. The van der Waals surface area contributed by atoms with Crippen LogP contribution in [0.3, 0.4) is 0 Å². The van der Waals surface area contributed by atoms with Gasteiger partial charge in [-0.25, -0.2) is 0 Å². The van der Waals surface area contributed by atoms with Gasteiger partial charge in [0.05, 0.1) is 5.03 Å². The number of thioether (sulfide) groups is 1. The number of ether oxygens (including phenoxy) is 2. The van der Waals surface area contributed by atoms with E-state index in [0.29, 0.717) is 17.4 Å². The Morgan fingerprint density at radius 3 is 2.65 bits per heavy atom. The highest BCUT2D eigenvalue weighted by atomic mass is 32.2. The topological polar surface area (TPSA) is 47.6 Å². The number of hydrogen-bond acceptors (Lipinski definition) is 4. The second kappa shape index (κ2) is 6.22. The van der Waals surface area contributed by atoms with Gasteiger partial charge in [0.15, 0.2) is 11.5 Å². The zero-order valence-corrected chi connectivity index (χ0v) is 12.8. The van der Waals surface area contributed by atoms with Crippen molar-refractivity contribution in [3.05, 3.63) is 29.3 Å². The first-order valence-corrected chi connectivity index (χ1v) is 7.43. The summed E-state index contributed by atoms with van der Waals surface area (Å²) < 4.78 is 10.8. The molecule has 1 amide bonds. The molecule has 1 aliphatic rings. The summed E-state index contributed by atoms with van der Waals surface area (Å²) >= 11 is 1.45. The van der Waals surface area contributed by atoms with Crippen LogP contribution in [0.5, 0.6) is 11.5 Å². The summed E-state index contributed by atoms with van der Waals surface area (Å²) in [5.74, 6) is 1.84. The zero-order chi connectivity index (χ0) is 14.7. The average Bonchev–Trinajstić information content (AvgIpc) is 2.84. The maximum absolute atomic E-state index is 11.4. The van der Waals surface area contributed by atoms with E-state index in [4.69, 9.17) is 9.47 Å². The maximum atomic E-state index is 11.4. The molecule has 0 saturated carbocycles. The molecule has 0 aliphatic carbocycles. The SMILES string of the molecule is C=C(NC(=O)CC)Sc1cc2c(cc1C(C)C)OCO2. The molecule has 108 valence electrons. The monoisotopic (exact) mass is 293 g/mol. The Hall–Kier alpha value is -1.62. The fraction of sp³-hybridized carbons (Fsp3) is 0.400. The normalized spacial score (nSPS) is 12.6. The van der Waals surface area contributed by atoms with Crippen LogP contribution in [0.2, 0.25) is 0 Å². The molecule has 1 aromatic rings. The predicted octanol–water partition coefficient (Wildman–Crippen LogP) is 3.63. The molecule has 0 radical (unpaired) electrons. The minimum Gasteiger partial charge on any atom is -0.454 e. The van der Waals surface area contributed by atoms with Gasteiger partial charge in [0.1, 0.15) is 0 Å². The molecule has 5 heteroatoms. The molecule has 0 atom stereocenters. The summed E-state index contributed by atoms with van der Waals surface area (Å²) in [6, 6.07) is 3.95. The third-order valence-corrected chi connectivity index (χ3v) is 3.88. The number of benzene rings is 1. The summed E-state index contributed by atoms with van der Waals surface area (Å²) in [4.78, 5) is 12.4. The number of carbonyl (C=O) groups is 1. The molecule has 0 unspecified atom stereocenters. The van der Waals surface area contributed by atoms with E-state index in [0.717, 1.165) is 22.0 Å². The molecule has 2 rings (SSSR count). The van der Waals surface area contributed by atoms with Crippen LogP contribution < -0.4 is 14.8 Å². The number of nitrogens with one attached hydrogen (secondary N) is 1. The smallest absolute Gasteiger partial charge is 0.231 e. The lowest BCUT2D eigenvalue weighted by Gasteiger charge is -2.15. The van der Waals surface area contributed by atoms with E-state index in [1.165, 1.54) is 11.8 Å². The highest BCUT2D eigenvalue weighted by Crippen LogP contribution is 2.42. The van der Waals surface area contributed by atoms with Gasteiger partial charge >= 0.3 is 0 Å². The van der Waals surface area contributed by atoms with E-state index in [1.807, 2.05) is 19.1 Å². The van der Waals surface area contributed by atoms with Crippen LogP contribution in [0.4, 0.5) is 0 Å². The second-order valence-electron chi connectivity index (χ2n) is 4.82. The Bertz CT molecular complexity index is 540. The Morgan fingerprint density at radius 2 is 2.05 bits per heavy atom. The van der Waals surface area contributed by atoms with Crippen molar-refractivity contribution in [1.29, 1.82) is 0 Å². The Balaban J connectivity index is 2.22. The predicted molar refractivity (Wildman–Crippen MR) is 80.1 cm³/mol. The van der Waals surface area contributed by atoms with E-state index < -0.39 is 0 Å². The molecule has 0 aromatic heterocycles. The molecule has 1 aliphatic heterocycles. The summed E-state index contributed by atoms with van der Waals surface area (Å²) in [5, 5.41) is 3.39. The van der Waals surface area contributed by atoms with Gasteiger partial charge in [-0.2, -0.15) is 0 Å². The highest BCUT2D eigenvalue weighted by molar-refractivity contribution is 8.03. The van der Waals surface area contributed by atoms with E-state index in [-0.39, 0.29) is 12.7 Å². The quantitative estimate of drug-likeness (QED) is 0.842. The van der Waals surface area contributed by atoms with Crippen LogP contribution >= 0.6 is 11.8 Å². The van der Waals surface area contributed by atoms with Gasteiger partial charge in [-0.15, -0.1) is 0 Å². The number of amides is 1. The molecule has 0 bridgehead atoms. The van der Waals surface area contributed by atoms with Gasteiger partial charge in [0.25, 0.3) is 0 Å². The number of rotatable bonds is 5. The van der Waals surface area contributed by atoms with Crippen molar-refractivity contribution in [3.8, 4) is 11.5 Å². The van der Waals surface area contributed by atoms with Crippen molar-refractivity contribution in [1.82, 2.24) is 5.32 Å². The van der Waals surface area contributed by atoms with Crippen molar-refractivity contribution in [2.24, 2.45) is 0 Å². The Labute approximate surface area is 123 Å². The van der Waals surface area contributed by atoms with Gasteiger partial charge in [0.2, 0.25) is 12.7 Å². The van der Waals surface area contributed by atoms with Crippen LogP contribution in [0.1, 0.15) is 38.7 Å². The first-order chi connectivity index (χ1) is 9.51. The van der Waals surface area contributed by atoms with Crippen LogP contribution in [0.25, 0.3) is 0 Å². The van der Waals surface area contributed by atoms with Gasteiger partial charge in [0, 0.05) is 11.3 Å². The van der Waals surface area contributed by atoms with Crippen molar-refractivity contribution < 1.29 is 14.3 Å². The highest BCUT2D eigenvalue weighted by Gasteiger charge is 2.19. The lowest BCUT2D eigenvalue weighted by molar-refractivity contribution is -0.119. The molecule has 20 heavy (non-hydrogen) atoms. The summed E-state index contributed by atoms with van der Waals surface area (Å²) in [6.07, 6.45) is 0.442. The standard InChI is InChI=1S/C15H19NO3S/c1-5-15(17)16-10(4)20-14-7-13-12(18-8-19-13)6-11(14)9(2)3/h6-7,9H,4-5,8H2,1-3H3,(H,16,17). The maximum Gasteiger partial charge on any atom is 0.231 e. The molecule has 4 nitrogen and oxygen atoms in total. The van der Waals surface area contributed by atoms with E-state index in [1.54, 1.807) is 0 Å². The van der Waals surface area contributed by atoms with Crippen LogP contribution in [-0.2, 0) is 4.79 Å². The lowest BCUT2D eigenvalue weighted by atomic mass is 10.0. The van der Waals surface area contributed by atoms with E-state index >= 15 is 0 Å². The molecule has 1 aromatic carbocycles. The lowest BCUT2D eigenvalue weighted by Crippen LogP contribution is -2.19. The fourth-order valence-corrected chi connectivity index (χ4v) is 2.89. The molecule has 0 fully saturated rings. The van der Waals surface area contributed by atoms with Gasteiger partial charge in [-0.3, -0.25) is 4.79 Å². The first-order valence-electron chi connectivity index (χ1n) is 6.61. The largest absolute Gasteiger partial charge is 0.454 e.